The molecule has 1 N–H and O–H groups in total. The zero-order valence-electron chi connectivity index (χ0n) is 11.9. The summed E-state index contributed by atoms with van der Waals surface area (Å²) in [7, 11) is 0. The number of aliphatic hydroxyl groups is 1. The van der Waals surface area contributed by atoms with Crippen LogP contribution in [0.2, 0.25) is 0 Å². The van der Waals surface area contributed by atoms with E-state index in [0.717, 1.165) is 18.6 Å². The molecule has 1 aliphatic carbocycles. The first kappa shape index (κ1) is 14.4. The van der Waals surface area contributed by atoms with Crippen LogP contribution in [0.25, 0.3) is 0 Å². The number of nitrogens with zero attached hydrogens (tertiary/aromatic N) is 1. The molecule has 0 saturated heterocycles. The van der Waals surface area contributed by atoms with Crippen molar-refractivity contribution >= 4 is 11.6 Å². The molecule has 4 heteroatoms. The van der Waals surface area contributed by atoms with Crippen molar-refractivity contribution in [3.8, 4) is 5.75 Å². The first-order valence-corrected chi connectivity index (χ1v) is 7.43. The summed E-state index contributed by atoms with van der Waals surface area (Å²) in [4.78, 5) is 3.43. The quantitative estimate of drug-likeness (QED) is 0.861. The van der Waals surface area contributed by atoms with Crippen LogP contribution in [0.3, 0.4) is 0 Å². The predicted molar refractivity (Wildman–Crippen MR) is 82.6 cm³/mol. The van der Waals surface area contributed by atoms with Gasteiger partial charge in [-0.25, -0.2) is 0 Å². The number of ether oxygens (including phenoxy) is 1. The number of alkyl halides is 1. The van der Waals surface area contributed by atoms with E-state index >= 15 is 0 Å². The number of benzene rings is 1. The van der Waals surface area contributed by atoms with E-state index in [1.165, 1.54) is 5.56 Å². The molecule has 0 amide bonds. The van der Waals surface area contributed by atoms with Gasteiger partial charge in [-0.05, 0) is 38.0 Å². The van der Waals surface area contributed by atoms with Crippen LogP contribution in [0.15, 0.2) is 48.8 Å². The Bertz CT molecular complexity index is 610. The largest absolute Gasteiger partial charge is 0.490 e. The highest BCUT2D eigenvalue weighted by atomic mass is 35.5. The Morgan fingerprint density at radius 3 is 2.57 bits per heavy atom. The SMILES string of the molecule is Cc1ccc(OCC(O)(c2cccnc2)C2(Cl)CC2)cc1. The second-order valence-electron chi connectivity index (χ2n) is 5.67. The summed E-state index contributed by atoms with van der Waals surface area (Å²) in [6.45, 7) is 2.14. The van der Waals surface area contributed by atoms with Crippen LogP contribution in [0.4, 0.5) is 0 Å². The number of aryl methyl sites for hydroxylation is 1. The summed E-state index contributed by atoms with van der Waals surface area (Å²) in [5, 5.41) is 11.1. The number of rotatable bonds is 5. The Morgan fingerprint density at radius 2 is 2.00 bits per heavy atom. The number of aromatic nitrogens is 1. The highest BCUT2D eigenvalue weighted by Gasteiger charge is 2.59. The van der Waals surface area contributed by atoms with Gasteiger partial charge in [0.25, 0.3) is 0 Å². The summed E-state index contributed by atoms with van der Waals surface area (Å²) < 4.78 is 5.78. The van der Waals surface area contributed by atoms with Gasteiger partial charge >= 0.3 is 0 Å². The molecule has 1 heterocycles. The zero-order valence-corrected chi connectivity index (χ0v) is 12.7. The fourth-order valence-corrected chi connectivity index (χ4v) is 2.68. The lowest BCUT2D eigenvalue weighted by atomic mass is 9.90. The van der Waals surface area contributed by atoms with Gasteiger partial charge in [0.1, 0.15) is 18.0 Å². The Balaban J connectivity index is 1.82. The second-order valence-corrected chi connectivity index (χ2v) is 6.39. The fourth-order valence-electron chi connectivity index (χ4n) is 2.42. The Labute approximate surface area is 129 Å². The van der Waals surface area contributed by atoms with Crippen molar-refractivity contribution in [2.45, 2.75) is 30.2 Å². The summed E-state index contributed by atoms with van der Waals surface area (Å²) in [5.74, 6) is 0.726. The maximum Gasteiger partial charge on any atom is 0.144 e. The molecule has 0 bridgehead atoms. The van der Waals surface area contributed by atoms with Crippen LogP contribution < -0.4 is 4.74 Å². The lowest BCUT2D eigenvalue weighted by Gasteiger charge is -2.33. The molecule has 0 aliphatic heterocycles. The zero-order chi connectivity index (χ0) is 14.9. The lowest BCUT2D eigenvalue weighted by molar-refractivity contribution is -0.0205. The maximum atomic E-state index is 11.1. The standard InChI is InChI=1S/C17H18ClNO2/c1-13-4-6-15(7-5-13)21-12-17(20,16(18)8-9-16)14-3-2-10-19-11-14/h2-7,10-11,20H,8-9,12H2,1H3. The molecule has 1 aliphatic rings. The first-order chi connectivity index (χ1) is 10.0. The molecule has 0 spiro atoms. The van der Waals surface area contributed by atoms with E-state index in [9.17, 15) is 5.11 Å². The van der Waals surface area contributed by atoms with Gasteiger partial charge in [0.2, 0.25) is 0 Å². The lowest BCUT2D eigenvalue weighted by Crippen LogP contribution is -2.43. The van der Waals surface area contributed by atoms with Gasteiger partial charge in [0.05, 0.1) is 4.87 Å². The summed E-state index contributed by atoms with van der Waals surface area (Å²) in [5.41, 5.74) is 0.638. The first-order valence-electron chi connectivity index (χ1n) is 7.05. The van der Waals surface area contributed by atoms with Gasteiger partial charge in [-0.3, -0.25) is 4.98 Å². The molecule has 1 aromatic heterocycles. The molecule has 110 valence electrons. The van der Waals surface area contributed by atoms with Gasteiger partial charge in [-0.15, -0.1) is 11.6 Å². The molecule has 3 rings (SSSR count). The molecule has 1 atom stereocenters. The van der Waals surface area contributed by atoms with Crippen LogP contribution in [-0.2, 0) is 5.60 Å². The molecule has 3 nitrogen and oxygen atoms in total. The highest BCUT2D eigenvalue weighted by Crippen LogP contribution is 2.55. The summed E-state index contributed by atoms with van der Waals surface area (Å²) in [6.07, 6.45) is 4.88. The average Bonchev–Trinajstić information content (AvgIpc) is 3.27. The molecule has 1 unspecified atom stereocenters. The molecular weight excluding hydrogens is 286 g/mol. The van der Waals surface area contributed by atoms with Crippen LogP contribution in [0.5, 0.6) is 5.75 Å². The number of hydrogen-bond donors (Lipinski definition) is 1. The van der Waals surface area contributed by atoms with Crippen LogP contribution in [0, 0.1) is 6.92 Å². The highest BCUT2D eigenvalue weighted by molar-refractivity contribution is 6.26. The number of halogens is 1. The van der Waals surface area contributed by atoms with Crippen LogP contribution >= 0.6 is 11.6 Å². The van der Waals surface area contributed by atoms with Crippen molar-refractivity contribution in [1.29, 1.82) is 0 Å². The minimum Gasteiger partial charge on any atom is -0.490 e. The Morgan fingerprint density at radius 1 is 1.29 bits per heavy atom. The van der Waals surface area contributed by atoms with Gasteiger partial charge in [-0.2, -0.15) is 0 Å². The van der Waals surface area contributed by atoms with Gasteiger partial charge < -0.3 is 9.84 Å². The van der Waals surface area contributed by atoms with Crippen molar-refractivity contribution in [3.05, 3.63) is 59.9 Å². The molecule has 1 saturated carbocycles. The van der Waals surface area contributed by atoms with Gasteiger partial charge in [0.15, 0.2) is 0 Å². The third kappa shape index (κ3) is 2.76. The van der Waals surface area contributed by atoms with Crippen molar-refractivity contribution in [1.82, 2.24) is 4.98 Å². The summed E-state index contributed by atoms with van der Waals surface area (Å²) in [6, 6.07) is 11.4. The molecule has 1 fully saturated rings. The maximum absolute atomic E-state index is 11.1. The van der Waals surface area contributed by atoms with Gasteiger partial charge in [-0.1, -0.05) is 23.8 Å². The van der Waals surface area contributed by atoms with Gasteiger partial charge in [0, 0.05) is 18.0 Å². The van der Waals surface area contributed by atoms with Crippen LogP contribution in [-0.4, -0.2) is 21.6 Å². The number of pyridine rings is 1. The number of hydrogen-bond acceptors (Lipinski definition) is 3. The van der Waals surface area contributed by atoms with Crippen LogP contribution in [0.1, 0.15) is 24.0 Å². The molecular formula is C17H18ClNO2. The van der Waals surface area contributed by atoms with E-state index in [-0.39, 0.29) is 6.61 Å². The van der Waals surface area contributed by atoms with E-state index in [4.69, 9.17) is 16.3 Å². The monoisotopic (exact) mass is 303 g/mol. The molecule has 2 aromatic rings. The molecule has 21 heavy (non-hydrogen) atoms. The van der Waals surface area contributed by atoms with E-state index < -0.39 is 10.5 Å². The third-order valence-electron chi connectivity index (χ3n) is 4.04. The topological polar surface area (TPSA) is 42.4 Å². The van der Waals surface area contributed by atoms with E-state index in [1.54, 1.807) is 18.5 Å². The fraction of sp³-hybridized carbons (Fsp3) is 0.353. The van der Waals surface area contributed by atoms with Crippen molar-refractivity contribution in [2.24, 2.45) is 0 Å². The van der Waals surface area contributed by atoms with E-state index in [2.05, 4.69) is 4.98 Å². The van der Waals surface area contributed by atoms with Crippen molar-refractivity contribution in [3.63, 3.8) is 0 Å². The van der Waals surface area contributed by atoms with Crippen molar-refractivity contribution < 1.29 is 9.84 Å². The summed E-state index contributed by atoms with van der Waals surface area (Å²) >= 11 is 6.52. The third-order valence-corrected chi connectivity index (χ3v) is 4.73. The smallest absolute Gasteiger partial charge is 0.144 e. The Kier molecular flexibility index (Phi) is 3.64. The molecule has 0 radical (unpaired) electrons. The minimum absolute atomic E-state index is 0.116. The molecule has 1 aromatic carbocycles. The van der Waals surface area contributed by atoms with Crippen molar-refractivity contribution in [2.75, 3.05) is 6.61 Å². The predicted octanol–water partition coefficient (Wildman–Crippen LogP) is 3.43. The average molecular weight is 304 g/mol. The second kappa shape index (κ2) is 5.32. The Hall–Kier alpha value is -1.58. The van der Waals surface area contributed by atoms with E-state index in [1.807, 2.05) is 37.3 Å². The van der Waals surface area contributed by atoms with E-state index in [0.29, 0.717) is 5.56 Å². The normalized spacial score (nSPS) is 18.8. The minimum atomic E-state index is -1.23.